The molecule has 5 aliphatic heterocycles. The molecule has 0 aromatic rings. The SMILES string of the molecule is C=C1CCC2(C(=O)OC3OC(COC4OC(CO)C(OC5OC(C)C(O)C(O)C5O)C(O)C4O)C(O)C(O)C3O)CCC3(C)C(=CCC4C5(C)CCC(OC6OCC(O)C(O)C6OC6OCC(O)C(O)C6O)C(C)(C)C5CCC43C)C2C1. The quantitative estimate of drug-likeness (QED) is 0.0551. The molecule has 4 saturated carbocycles. The third-order valence-electron chi connectivity index (χ3n) is 22.1. The minimum atomic E-state index is -1.89. The molecule has 0 aromatic carbocycles. The molecule has 0 radical (unpaired) electrons. The molecule has 10 rings (SSSR count). The first-order valence-corrected chi connectivity index (χ1v) is 29.4. The van der Waals surface area contributed by atoms with Gasteiger partial charge in [0.1, 0.15) is 104 Å². The zero-order chi connectivity index (χ0) is 59.5. The molecule has 0 aromatic heterocycles. The second-order valence-electron chi connectivity index (χ2n) is 26.8. The first kappa shape index (κ1) is 63.1. The summed E-state index contributed by atoms with van der Waals surface area (Å²) in [5, 5.41) is 150. The van der Waals surface area contributed by atoms with E-state index >= 15 is 4.79 Å². The van der Waals surface area contributed by atoms with Crippen LogP contribution in [0.2, 0.25) is 0 Å². The lowest BCUT2D eigenvalue weighted by atomic mass is 9.34. The average molecular weight is 1180 g/mol. The lowest BCUT2D eigenvalue weighted by Gasteiger charge is -2.71. The molecule has 82 heavy (non-hydrogen) atoms. The number of aliphatic hydroxyl groups is 14. The molecule has 5 heterocycles. The van der Waals surface area contributed by atoms with Crippen LogP contribution in [0.25, 0.3) is 0 Å². The summed E-state index contributed by atoms with van der Waals surface area (Å²) in [7, 11) is 0. The van der Waals surface area contributed by atoms with Crippen LogP contribution in [-0.2, 0) is 52.2 Å². The first-order valence-electron chi connectivity index (χ1n) is 29.4. The van der Waals surface area contributed by atoms with Gasteiger partial charge in [0.2, 0.25) is 6.29 Å². The summed E-state index contributed by atoms with van der Waals surface area (Å²) in [4.78, 5) is 15.1. The molecule has 468 valence electrons. The Morgan fingerprint density at radius 3 is 1.94 bits per heavy atom. The Labute approximate surface area is 476 Å². The smallest absolute Gasteiger partial charge is 0.315 e. The first-order chi connectivity index (χ1) is 38.5. The second-order valence-corrected chi connectivity index (χ2v) is 26.8. The number of allylic oxidation sites excluding steroid dienone is 3. The predicted molar refractivity (Wildman–Crippen MR) is 277 cm³/mol. The minimum absolute atomic E-state index is 0.164. The van der Waals surface area contributed by atoms with Gasteiger partial charge in [-0.2, -0.15) is 0 Å². The molecule has 0 bridgehead atoms. The number of hydrogen-bond donors (Lipinski definition) is 14. The van der Waals surface area contributed by atoms with Gasteiger partial charge in [0, 0.05) is 5.92 Å². The van der Waals surface area contributed by atoms with Crippen molar-refractivity contribution in [1.82, 2.24) is 0 Å². The molecule has 14 N–H and O–H groups in total. The standard InChI is InChI=1S/C57H90O25/c1-23-10-15-57(52(72)82-50-43(70)39(66)37(64)30(78-50)22-75-47-44(71)40(67)45(29(19-58)77-47)80-49-42(69)38(65)34(61)24(2)76-49)17-16-55(6)25(26(57)18-23)8-9-32-54(5)13-12-33(53(3,4)31(54)11-14-56(32,55)7)79-51-46(36(63)28(60)21-74-51)81-48-41(68)35(62)27(59)20-73-48/h8,24,26-51,58-71H,1,9-22H2,2-7H3. The highest BCUT2D eigenvalue weighted by Gasteiger charge is 2.70. The Morgan fingerprint density at radius 2 is 1.23 bits per heavy atom. The number of fused-ring (bicyclic) bond motifs is 7. The van der Waals surface area contributed by atoms with E-state index < -0.39 is 171 Å². The van der Waals surface area contributed by atoms with E-state index in [9.17, 15) is 71.5 Å². The van der Waals surface area contributed by atoms with Crippen LogP contribution in [0.5, 0.6) is 0 Å². The zero-order valence-electron chi connectivity index (χ0n) is 47.5. The number of esters is 1. The van der Waals surface area contributed by atoms with E-state index in [-0.39, 0.29) is 53.3 Å². The summed E-state index contributed by atoms with van der Waals surface area (Å²) in [5.74, 6) is -0.565. The highest BCUT2D eigenvalue weighted by molar-refractivity contribution is 5.79. The van der Waals surface area contributed by atoms with Gasteiger partial charge >= 0.3 is 5.97 Å². The third kappa shape index (κ3) is 10.5. The van der Waals surface area contributed by atoms with Gasteiger partial charge in [-0.25, -0.2) is 0 Å². The summed E-state index contributed by atoms with van der Waals surface area (Å²) < 4.78 is 59.1. The fourth-order valence-corrected chi connectivity index (χ4v) is 16.9. The fraction of sp³-hybridized carbons (Fsp3) is 0.912. The van der Waals surface area contributed by atoms with Crippen molar-refractivity contribution in [3.05, 3.63) is 23.8 Å². The summed E-state index contributed by atoms with van der Waals surface area (Å²) >= 11 is 0. The summed E-state index contributed by atoms with van der Waals surface area (Å²) in [6.45, 7) is 15.4. The molecule has 31 unspecified atom stereocenters. The van der Waals surface area contributed by atoms with Gasteiger partial charge in [-0.15, -0.1) is 0 Å². The number of carbonyl (C=O) groups excluding carboxylic acids is 1. The number of ether oxygens (including phenoxy) is 10. The predicted octanol–water partition coefficient (Wildman–Crippen LogP) is -2.38. The van der Waals surface area contributed by atoms with Gasteiger partial charge < -0.3 is 119 Å². The van der Waals surface area contributed by atoms with Crippen LogP contribution < -0.4 is 0 Å². The van der Waals surface area contributed by atoms with Crippen molar-refractivity contribution in [2.75, 3.05) is 26.4 Å². The lowest BCUT2D eigenvalue weighted by molar-refractivity contribution is -0.361. The van der Waals surface area contributed by atoms with E-state index in [2.05, 4.69) is 47.3 Å². The third-order valence-corrected chi connectivity index (χ3v) is 22.1. The molecule has 9 fully saturated rings. The van der Waals surface area contributed by atoms with E-state index in [1.54, 1.807) is 0 Å². The summed E-state index contributed by atoms with van der Waals surface area (Å²) in [6.07, 6.45) is -27.5. The van der Waals surface area contributed by atoms with Crippen molar-refractivity contribution >= 4 is 5.97 Å². The van der Waals surface area contributed by atoms with Crippen molar-refractivity contribution < 1.29 is 124 Å². The molecular weight excluding hydrogens is 1080 g/mol. The van der Waals surface area contributed by atoms with Crippen molar-refractivity contribution in [1.29, 1.82) is 0 Å². The van der Waals surface area contributed by atoms with E-state index in [0.29, 0.717) is 38.5 Å². The van der Waals surface area contributed by atoms with E-state index in [1.165, 1.54) is 12.5 Å². The molecule has 25 heteroatoms. The largest absolute Gasteiger partial charge is 0.432 e. The maximum absolute atomic E-state index is 15.1. The number of rotatable bonds is 12. The average Bonchev–Trinajstić information content (AvgIpc) is 0.756. The minimum Gasteiger partial charge on any atom is -0.432 e. The molecule has 5 aliphatic carbocycles. The van der Waals surface area contributed by atoms with E-state index in [1.807, 2.05) is 0 Å². The Hall–Kier alpha value is -1.97. The van der Waals surface area contributed by atoms with Crippen molar-refractivity contribution in [2.24, 2.45) is 44.8 Å². The van der Waals surface area contributed by atoms with Crippen LogP contribution in [0.1, 0.15) is 106 Å². The molecule has 5 saturated heterocycles. The molecule has 10 aliphatic rings. The molecule has 0 amide bonds. The highest BCUT2D eigenvalue weighted by Crippen LogP contribution is 2.75. The van der Waals surface area contributed by atoms with Crippen LogP contribution in [-0.4, -0.2) is 251 Å². The van der Waals surface area contributed by atoms with Crippen molar-refractivity contribution in [3.63, 3.8) is 0 Å². The molecule has 31 atom stereocenters. The highest BCUT2D eigenvalue weighted by atomic mass is 16.8. The van der Waals surface area contributed by atoms with Gasteiger partial charge in [0.25, 0.3) is 0 Å². The Morgan fingerprint density at radius 1 is 0.610 bits per heavy atom. The van der Waals surface area contributed by atoms with E-state index in [0.717, 1.165) is 31.3 Å². The van der Waals surface area contributed by atoms with Crippen LogP contribution in [0, 0.1) is 44.8 Å². The van der Waals surface area contributed by atoms with Gasteiger partial charge in [-0.1, -0.05) is 58.4 Å². The van der Waals surface area contributed by atoms with Crippen molar-refractivity contribution in [2.45, 2.75) is 253 Å². The second kappa shape index (κ2) is 23.5. The maximum Gasteiger partial charge on any atom is 0.315 e. The fourth-order valence-electron chi connectivity index (χ4n) is 16.9. The van der Waals surface area contributed by atoms with Gasteiger partial charge in [0.15, 0.2) is 25.2 Å². The van der Waals surface area contributed by atoms with Crippen LogP contribution in [0.4, 0.5) is 0 Å². The summed E-state index contributed by atoms with van der Waals surface area (Å²) in [5.41, 5.74) is -0.101. The topological polar surface area (TPSA) is 393 Å². The summed E-state index contributed by atoms with van der Waals surface area (Å²) in [6, 6.07) is 0. The van der Waals surface area contributed by atoms with E-state index in [4.69, 9.17) is 47.4 Å². The maximum atomic E-state index is 15.1. The lowest BCUT2D eigenvalue weighted by Crippen LogP contribution is -2.66. The zero-order valence-corrected chi connectivity index (χ0v) is 47.5. The molecule has 0 spiro atoms. The van der Waals surface area contributed by atoms with Gasteiger partial charge in [-0.3, -0.25) is 4.79 Å². The molecular formula is C57H90O25. The number of carbonyl (C=O) groups is 1. The molecule has 25 nitrogen and oxygen atoms in total. The Balaban J connectivity index is 0.814. The van der Waals surface area contributed by atoms with Crippen LogP contribution in [0.3, 0.4) is 0 Å². The van der Waals surface area contributed by atoms with Crippen LogP contribution >= 0.6 is 0 Å². The van der Waals surface area contributed by atoms with Gasteiger partial charge in [0.05, 0.1) is 44.1 Å². The number of aliphatic hydroxyl groups excluding tert-OH is 14. The van der Waals surface area contributed by atoms with Gasteiger partial charge in [-0.05, 0) is 105 Å². The van der Waals surface area contributed by atoms with Crippen LogP contribution in [0.15, 0.2) is 23.8 Å². The number of hydrogen-bond acceptors (Lipinski definition) is 25. The monoisotopic (exact) mass is 1170 g/mol. The Kier molecular flexibility index (Phi) is 18.1. The Bertz CT molecular complexity index is 2310. The normalized spacial score (nSPS) is 54.1. The van der Waals surface area contributed by atoms with Crippen molar-refractivity contribution in [3.8, 4) is 0 Å².